The van der Waals surface area contributed by atoms with Gasteiger partial charge in [-0.1, -0.05) is 6.07 Å². The molecule has 132 valence electrons. The van der Waals surface area contributed by atoms with Crippen molar-refractivity contribution in [1.82, 2.24) is 14.9 Å². The number of carbonyl (C=O) groups excluding carboxylic acids is 1. The van der Waals surface area contributed by atoms with E-state index in [0.29, 0.717) is 31.5 Å². The van der Waals surface area contributed by atoms with E-state index < -0.39 is 5.60 Å². The molecule has 2 aromatic rings. The number of aliphatic hydroxyl groups is 1. The van der Waals surface area contributed by atoms with E-state index in [2.05, 4.69) is 14.9 Å². The molecule has 6 nitrogen and oxygen atoms in total. The Morgan fingerprint density at radius 3 is 2.36 bits per heavy atom. The molecule has 1 amide bonds. The molecule has 0 atom stereocenters. The number of aryl methyl sites for hydroxylation is 1. The highest BCUT2D eigenvalue weighted by atomic mass is 16.3. The van der Waals surface area contributed by atoms with Crippen molar-refractivity contribution in [3.05, 3.63) is 53.5 Å². The van der Waals surface area contributed by atoms with Gasteiger partial charge in [0.1, 0.15) is 11.4 Å². The van der Waals surface area contributed by atoms with Gasteiger partial charge < -0.3 is 14.9 Å². The molecule has 25 heavy (non-hydrogen) atoms. The molecule has 0 saturated carbocycles. The lowest BCUT2D eigenvalue weighted by atomic mass is 9.87. The second-order valence-corrected chi connectivity index (χ2v) is 6.84. The summed E-state index contributed by atoms with van der Waals surface area (Å²) in [5.41, 5.74) is 1.51. The molecule has 0 bridgehead atoms. The summed E-state index contributed by atoms with van der Waals surface area (Å²) >= 11 is 0. The number of pyridine rings is 2. The van der Waals surface area contributed by atoms with Gasteiger partial charge in [0.2, 0.25) is 0 Å². The monoisotopic (exact) mass is 340 g/mol. The van der Waals surface area contributed by atoms with Gasteiger partial charge in [-0.25, -0.2) is 4.98 Å². The van der Waals surface area contributed by atoms with Gasteiger partial charge in [-0.05, 0) is 43.5 Å². The zero-order chi connectivity index (χ0) is 18.0. The SMILES string of the molecule is Cc1ccc(C2(O)CCN(c3ccc(C(=O)N(C)C)cn3)CC2)nc1. The normalized spacial score (nSPS) is 16.6. The van der Waals surface area contributed by atoms with E-state index in [9.17, 15) is 9.90 Å². The van der Waals surface area contributed by atoms with Gasteiger partial charge in [0.25, 0.3) is 5.91 Å². The van der Waals surface area contributed by atoms with Gasteiger partial charge >= 0.3 is 0 Å². The second-order valence-electron chi connectivity index (χ2n) is 6.84. The van der Waals surface area contributed by atoms with Crippen LogP contribution in [0.4, 0.5) is 5.82 Å². The van der Waals surface area contributed by atoms with Crippen molar-refractivity contribution in [3.63, 3.8) is 0 Å². The lowest BCUT2D eigenvalue weighted by Gasteiger charge is -2.38. The summed E-state index contributed by atoms with van der Waals surface area (Å²) in [7, 11) is 3.45. The summed E-state index contributed by atoms with van der Waals surface area (Å²) in [6.45, 7) is 3.37. The Labute approximate surface area is 148 Å². The van der Waals surface area contributed by atoms with Crippen LogP contribution in [-0.2, 0) is 5.60 Å². The van der Waals surface area contributed by atoms with Gasteiger partial charge in [0.05, 0.1) is 11.3 Å². The van der Waals surface area contributed by atoms with Crippen LogP contribution in [0.5, 0.6) is 0 Å². The summed E-state index contributed by atoms with van der Waals surface area (Å²) in [5.74, 6) is 0.770. The van der Waals surface area contributed by atoms with Crippen LogP contribution in [-0.4, -0.2) is 53.1 Å². The minimum absolute atomic E-state index is 0.0579. The Morgan fingerprint density at radius 1 is 1.12 bits per heavy atom. The average molecular weight is 340 g/mol. The number of hydrogen-bond donors (Lipinski definition) is 1. The number of carbonyl (C=O) groups is 1. The van der Waals surface area contributed by atoms with E-state index in [1.807, 2.05) is 25.1 Å². The van der Waals surface area contributed by atoms with E-state index in [1.165, 1.54) is 4.90 Å². The summed E-state index contributed by atoms with van der Waals surface area (Å²) in [6.07, 6.45) is 4.61. The van der Waals surface area contributed by atoms with E-state index in [0.717, 1.165) is 17.1 Å². The Hall–Kier alpha value is -2.47. The van der Waals surface area contributed by atoms with Crippen molar-refractivity contribution < 1.29 is 9.90 Å². The molecule has 1 N–H and O–H groups in total. The first-order chi connectivity index (χ1) is 11.9. The molecule has 0 radical (unpaired) electrons. The third kappa shape index (κ3) is 3.64. The van der Waals surface area contributed by atoms with Crippen LogP contribution in [0.2, 0.25) is 0 Å². The van der Waals surface area contributed by atoms with E-state index >= 15 is 0 Å². The smallest absolute Gasteiger partial charge is 0.254 e. The molecule has 3 heterocycles. The Morgan fingerprint density at radius 2 is 1.84 bits per heavy atom. The lowest BCUT2D eigenvalue weighted by molar-refractivity contribution is 0.00748. The Kier molecular flexibility index (Phi) is 4.72. The molecule has 0 aromatic carbocycles. The molecule has 1 aliphatic heterocycles. The van der Waals surface area contributed by atoms with Gasteiger partial charge in [0, 0.05) is 39.6 Å². The Bertz CT molecular complexity index is 733. The van der Waals surface area contributed by atoms with Gasteiger partial charge in [0.15, 0.2) is 0 Å². The number of piperidine rings is 1. The highest BCUT2D eigenvalue weighted by Gasteiger charge is 2.35. The van der Waals surface area contributed by atoms with Crippen LogP contribution >= 0.6 is 0 Å². The molecule has 1 aliphatic rings. The number of rotatable bonds is 3. The molecule has 1 fully saturated rings. The van der Waals surface area contributed by atoms with Crippen molar-refractivity contribution in [2.75, 3.05) is 32.1 Å². The maximum Gasteiger partial charge on any atom is 0.254 e. The molecular weight excluding hydrogens is 316 g/mol. The average Bonchev–Trinajstić information content (AvgIpc) is 2.62. The molecule has 0 spiro atoms. The number of hydrogen-bond acceptors (Lipinski definition) is 5. The number of amides is 1. The van der Waals surface area contributed by atoms with Crippen LogP contribution in [0, 0.1) is 6.92 Å². The minimum Gasteiger partial charge on any atom is -0.383 e. The zero-order valence-corrected chi connectivity index (χ0v) is 14.9. The van der Waals surface area contributed by atoms with Crippen LogP contribution < -0.4 is 4.90 Å². The lowest BCUT2D eigenvalue weighted by Crippen LogP contribution is -2.43. The summed E-state index contributed by atoms with van der Waals surface area (Å²) in [5, 5.41) is 10.9. The summed E-state index contributed by atoms with van der Waals surface area (Å²) in [4.78, 5) is 24.4. The first-order valence-corrected chi connectivity index (χ1v) is 8.47. The van der Waals surface area contributed by atoms with Gasteiger partial charge in [-0.15, -0.1) is 0 Å². The van der Waals surface area contributed by atoms with E-state index in [4.69, 9.17) is 0 Å². The first kappa shape index (κ1) is 17.4. The molecule has 0 aliphatic carbocycles. The maximum atomic E-state index is 11.9. The zero-order valence-electron chi connectivity index (χ0n) is 14.9. The highest BCUT2D eigenvalue weighted by Crippen LogP contribution is 2.33. The van der Waals surface area contributed by atoms with Crippen molar-refractivity contribution in [1.29, 1.82) is 0 Å². The van der Waals surface area contributed by atoms with Gasteiger partial charge in [-0.2, -0.15) is 0 Å². The third-order valence-corrected chi connectivity index (χ3v) is 4.70. The van der Waals surface area contributed by atoms with Crippen LogP contribution in [0.1, 0.15) is 34.5 Å². The Balaban J connectivity index is 1.67. The second kappa shape index (κ2) is 6.80. The van der Waals surface area contributed by atoms with Gasteiger partial charge in [-0.3, -0.25) is 9.78 Å². The van der Waals surface area contributed by atoms with Crippen molar-refractivity contribution in [3.8, 4) is 0 Å². The largest absolute Gasteiger partial charge is 0.383 e. The predicted octanol–water partition coefficient (Wildman–Crippen LogP) is 1.97. The van der Waals surface area contributed by atoms with Crippen molar-refractivity contribution in [2.24, 2.45) is 0 Å². The summed E-state index contributed by atoms with van der Waals surface area (Å²) < 4.78 is 0. The number of anilines is 1. The quantitative estimate of drug-likeness (QED) is 0.925. The fourth-order valence-corrected chi connectivity index (χ4v) is 3.06. The van der Waals surface area contributed by atoms with E-state index in [-0.39, 0.29) is 5.91 Å². The summed E-state index contributed by atoms with van der Waals surface area (Å²) in [6, 6.07) is 7.55. The van der Waals surface area contributed by atoms with Crippen molar-refractivity contribution >= 4 is 11.7 Å². The standard InChI is InChI=1S/C19H24N4O2/c1-14-4-6-16(20-12-14)19(25)8-10-23(11-9-19)17-7-5-15(13-21-17)18(24)22(2)3/h4-7,12-13,25H,8-11H2,1-3H3. The fraction of sp³-hybridized carbons (Fsp3) is 0.421. The molecule has 2 aromatic heterocycles. The third-order valence-electron chi connectivity index (χ3n) is 4.70. The first-order valence-electron chi connectivity index (χ1n) is 8.47. The van der Waals surface area contributed by atoms with Crippen LogP contribution in [0.25, 0.3) is 0 Å². The molecule has 1 saturated heterocycles. The van der Waals surface area contributed by atoms with Crippen LogP contribution in [0.15, 0.2) is 36.7 Å². The molecule has 3 rings (SSSR count). The molecule has 6 heteroatoms. The molecule has 0 unspecified atom stereocenters. The van der Waals surface area contributed by atoms with Crippen molar-refractivity contribution in [2.45, 2.75) is 25.4 Å². The maximum absolute atomic E-state index is 11.9. The number of nitrogens with zero attached hydrogens (tertiary/aromatic N) is 4. The topological polar surface area (TPSA) is 69.6 Å². The fourth-order valence-electron chi connectivity index (χ4n) is 3.06. The predicted molar refractivity (Wildman–Crippen MR) is 96.6 cm³/mol. The minimum atomic E-state index is -0.884. The molecular formula is C19H24N4O2. The number of aromatic nitrogens is 2. The van der Waals surface area contributed by atoms with Crippen LogP contribution in [0.3, 0.4) is 0 Å². The highest BCUT2D eigenvalue weighted by molar-refractivity contribution is 5.93. The van der Waals surface area contributed by atoms with E-state index in [1.54, 1.807) is 32.6 Å².